The quantitative estimate of drug-likeness (QED) is 0.703. The molecule has 1 aromatic heterocycles. The zero-order valence-corrected chi connectivity index (χ0v) is 7.23. The van der Waals surface area contributed by atoms with Crippen LogP contribution < -0.4 is 5.32 Å². The molecule has 0 radical (unpaired) electrons. The molecule has 0 saturated carbocycles. The van der Waals surface area contributed by atoms with Crippen molar-refractivity contribution in [2.75, 3.05) is 6.54 Å². The van der Waals surface area contributed by atoms with E-state index < -0.39 is 6.09 Å². The minimum atomic E-state index is -0.393. The number of hydrogen-bond acceptors (Lipinski definition) is 4. The van der Waals surface area contributed by atoms with Crippen molar-refractivity contribution in [2.45, 2.75) is 19.6 Å². The van der Waals surface area contributed by atoms with E-state index in [1.54, 1.807) is 4.68 Å². The van der Waals surface area contributed by atoms with Crippen molar-refractivity contribution < 1.29 is 9.53 Å². The largest absolute Gasteiger partial charge is 0.436 e. The van der Waals surface area contributed by atoms with E-state index in [2.05, 4.69) is 15.4 Å². The van der Waals surface area contributed by atoms with Crippen molar-refractivity contribution in [3.05, 3.63) is 12.2 Å². The summed E-state index contributed by atoms with van der Waals surface area (Å²) in [5.74, 6) is 0.695. The highest BCUT2D eigenvalue weighted by Crippen LogP contribution is 2.17. The second-order valence-electron chi connectivity index (χ2n) is 2.71. The lowest BCUT2D eigenvalue weighted by atomic mass is 10.3. The fraction of sp³-hybridized carbons (Fsp3) is 0.571. The molecule has 1 amide bonds. The molecule has 0 bridgehead atoms. The fourth-order valence-corrected chi connectivity index (χ4v) is 1.30. The predicted molar refractivity (Wildman–Crippen MR) is 42.9 cm³/mol. The molecule has 1 aliphatic heterocycles. The van der Waals surface area contributed by atoms with Gasteiger partial charge in [-0.3, -0.25) is 0 Å². The SMILES string of the molecule is CCn1ncnc1C1CNC(=O)O1. The first-order valence-corrected chi connectivity index (χ1v) is 4.13. The number of aromatic nitrogens is 3. The zero-order chi connectivity index (χ0) is 9.26. The minimum absolute atomic E-state index is 0.296. The Kier molecular flexibility index (Phi) is 1.88. The molecule has 70 valence electrons. The molecule has 1 fully saturated rings. The number of nitrogens with zero attached hydrogens (tertiary/aromatic N) is 3. The number of rotatable bonds is 2. The number of nitrogens with one attached hydrogen (secondary N) is 1. The van der Waals surface area contributed by atoms with Gasteiger partial charge in [0, 0.05) is 6.54 Å². The van der Waals surface area contributed by atoms with Gasteiger partial charge in [-0.1, -0.05) is 0 Å². The van der Waals surface area contributed by atoms with Gasteiger partial charge in [0.15, 0.2) is 11.9 Å². The molecular formula is C7H10N4O2. The van der Waals surface area contributed by atoms with Gasteiger partial charge in [-0.15, -0.1) is 0 Å². The van der Waals surface area contributed by atoms with Crippen LogP contribution in [0.5, 0.6) is 0 Å². The minimum Gasteiger partial charge on any atom is -0.436 e. The van der Waals surface area contributed by atoms with Crippen molar-refractivity contribution in [1.29, 1.82) is 0 Å². The molecule has 1 aromatic rings. The van der Waals surface area contributed by atoms with Gasteiger partial charge >= 0.3 is 6.09 Å². The van der Waals surface area contributed by atoms with Gasteiger partial charge < -0.3 is 10.1 Å². The second kappa shape index (κ2) is 3.04. The predicted octanol–water partition coefficient (Wildman–Crippen LogP) is 0.0789. The van der Waals surface area contributed by atoms with E-state index in [1.807, 2.05) is 6.92 Å². The fourth-order valence-electron chi connectivity index (χ4n) is 1.30. The van der Waals surface area contributed by atoms with Gasteiger partial charge in [0.25, 0.3) is 0 Å². The Balaban J connectivity index is 2.20. The van der Waals surface area contributed by atoms with Crippen LogP contribution in [0.2, 0.25) is 0 Å². The van der Waals surface area contributed by atoms with Gasteiger partial charge in [-0.25, -0.2) is 14.5 Å². The van der Waals surface area contributed by atoms with Crippen LogP contribution in [-0.4, -0.2) is 27.4 Å². The van der Waals surface area contributed by atoms with E-state index in [-0.39, 0.29) is 6.10 Å². The summed E-state index contributed by atoms with van der Waals surface area (Å²) in [6, 6.07) is 0. The third-order valence-corrected chi connectivity index (χ3v) is 1.91. The molecule has 6 heteroatoms. The van der Waals surface area contributed by atoms with Gasteiger partial charge in [0.05, 0.1) is 6.54 Å². The molecule has 0 spiro atoms. The van der Waals surface area contributed by atoms with Crippen LogP contribution >= 0.6 is 0 Å². The molecule has 2 rings (SSSR count). The number of aryl methyl sites for hydroxylation is 1. The van der Waals surface area contributed by atoms with Crippen molar-refractivity contribution in [3.63, 3.8) is 0 Å². The average Bonchev–Trinajstić information content (AvgIpc) is 2.71. The maximum absolute atomic E-state index is 10.8. The van der Waals surface area contributed by atoms with Crippen LogP contribution in [0.1, 0.15) is 18.9 Å². The molecule has 0 aliphatic carbocycles. The first-order valence-electron chi connectivity index (χ1n) is 4.13. The molecule has 1 N–H and O–H groups in total. The molecule has 6 nitrogen and oxygen atoms in total. The summed E-state index contributed by atoms with van der Waals surface area (Å²) in [5.41, 5.74) is 0. The number of carbonyl (C=O) groups is 1. The Morgan fingerprint density at radius 1 is 1.85 bits per heavy atom. The summed E-state index contributed by atoms with van der Waals surface area (Å²) in [5, 5.41) is 6.56. The van der Waals surface area contributed by atoms with Gasteiger partial charge in [-0.2, -0.15) is 5.10 Å². The molecule has 13 heavy (non-hydrogen) atoms. The molecule has 1 unspecified atom stereocenters. The highest BCUT2D eigenvalue weighted by atomic mass is 16.6. The monoisotopic (exact) mass is 182 g/mol. The van der Waals surface area contributed by atoms with E-state index >= 15 is 0 Å². The van der Waals surface area contributed by atoms with Crippen LogP contribution in [0.4, 0.5) is 4.79 Å². The van der Waals surface area contributed by atoms with Crippen LogP contribution in [0, 0.1) is 0 Å². The number of alkyl carbamates (subject to hydrolysis) is 1. The van der Waals surface area contributed by atoms with Crippen molar-refractivity contribution in [2.24, 2.45) is 0 Å². The molecule has 0 aromatic carbocycles. The average molecular weight is 182 g/mol. The maximum atomic E-state index is 10.8. The normalized spacial score (nSPS) is 21.3. The zero-order valence-electron chi connectivity index (χ0n) is 7.23. The third-order valence-electron chi connectivity index (χ3n) is 1.91. The molecule has 1 saturated heterocycles. The van der Waals surface area contributed by atoms with E-state index in [0.29, 0.717) is 12.4 Å². The van der Waals surface area contributed by atoms with Crippen LogP contribution in [-0.2, 0) is 11.3 Å². The summed E-state index contributed by atoms with van der Waals surface area (Å²) in [6.07, 6.45) is 0.774. The van der Waals surface area contributed by atoms with Gasteiger partial charge in [-0.05, 0) is 6.92 Å². The molecule has 2 heterocycles. The topological polar surface area (TPSA) is 69.0 Å². The van der Waals surface area contributed by atoms with Crippen molar-refractivity contribution in [3.8, 4) is 0 Å². The summed E-state index contributed by atoms with van der Waals surface area (Å²) in [7, 11) is 0. The van der Waals surface area contributed by atoms with Crippen LogP contribution in [0.3, 0.4) is 0 Å². The van der Waals surface area contributed by atoms with E-state index in [4.69, 9.17) is 4.74 Å². The number of ether oxygens (including phenoxy) is 1. The lowest BCUT2D eigenvalue weighted by molar-refractivity contribution is 0.134. The van der Waals surface area contributed by atoms with Gasteiger partial charge in [0.2, 0.25) is 0 Å². The Morgan fingerprint density at radius 3 is 3.31 bits per heavy atom. The number of carbonyl (C=O) groups excluding carboxylic acids is 1. The van der Waals surface area contributed by atoms with E-state index in [9.17, 15) is 4.79 Å². The van der Waals surface area contributed by atoms with Crippen molar-refractivity contribution in [1.82, 2.24) is 20.1 Å². The van der Waals surface area contributed by atoms with Crippen LogP contribution in [0.15, 0.2) is 6.33 Å². The first kappa shape index (κ1) is 8.03. The lowest BCUT2D eigenvalue weighted by Crippen LogP contribution is -2.14. The van der Waals surface area contributed by atoms with Crippen LogP contribution in [0.25, 0.3) is 0 Å². The summed E-state index contributed by atoms with van der Waals surface area (Å²) < 4.78 is 6.69. The first-order chi connectivity index (χ1) is 6.31. The van der Waals surface area contributed by atoms with Gasteiger partial charge in [0.1, 0.15) is 6.33 Å². The summed E-state index contributed by atoms with van der Waals surface area (Å²) in [6.45, 7) is 3.16. The lowest BCUT2D eigenvalue weighted by Gasteiger charge is -2.07. The molecular weight excluding hydrogens is 172 g/mol. The maximum Gasteiger partial charge on any atom is 0.408 e. The Hall–Kier alpha value is -1.59. The third kappa shape index (κ3) is 1.34. The smallest absolute Gasteiger partial charge is 0.408 e. The molecule has 1 aliphatic rings. The molecule has 1 atom stereocenters. The van der Waals surface area contributed by atoms with E-state index in [1.165, 1.54) is 6.33 Å². The standard InChI is InChI=1S/C7H10N4O2/c1-2-11-6(9-4-10-11)5-3-8-7(12)13-5/h4-5H,2-3H2,1H3,(H,8,12). The highest BCUT2D eigenvalue weighted by molar-refractivity contribution is 5.69. The van der Waals surface area contributed by atoms with E-state index in [0.717, 1.165) is 6.54 Å². The Morgan fingerprint density at radius 2 is 2.69 bits per heavy atom. The number of hydrogen-bond donors (Lipinski definition) is 1. The Bertz CT molecular complexity index is 322. The number of cyclic esters (lactones) is 1. The number of amides is 1. The second-order valence-corrected chi connectivity index (χ2v) is 2.71. The Labute approximate surface area is 74.9 Å². The summed E-state index contributed by atoms with van der Waals surface area (Å²) in [4.78, 5) is 14.8. The summed E-state index contributed by atoms with van der Waals surface area (Å²) >= 11 is 0. The van der Waals surface area contributed by atoms with Crippen molar-refractivity contribution >= 4 is 6.09 Å². The highest BCUT2D eigenvalue weighted by Gasteiger charge is 2.27.